The maximum Gasteiger partial charge on any atom is 0.228 e. The van der Waals surface area contributed by atoms with Gasteiger partial charge >= 0.3 is 0 Å². The van der Waals surface area contributed by atoms with Gasteiger partial charge in [0.2, 0.25) is 5.88 Å². The van der Waals surface area contributed by atoms with Crippen molar-refractivity contribution >= 4 is 5.78 Å². The molecule has 3 heterocycles. The molecule has 1 aromatic carbocycles. The van der Waals surface area contributed by atoms with Crippen LogP contribution >= 0.6 is 0 Å². The first-order valence-electron chi connectivity index (χ1n) is 11.0. The van der Waals surface area contributed by atoms with Crippen molar-refractivity contribution in [1.29, 1.82) is 5.41 Å². The van der Waals surface area contributed by atoms with Gasteiger partial charge in [0.25, 0.3) is 0 Å². The van der Waals surface area contributed by atoms with E-state index in [1.807, 2.05) is 45.7 Å². The van der Waals surface area contributed by atoms with Crippen molar-refractivity contribution in [2.75, 3.05) is 0 Å². The number of aromatic nitrogens is 4. The maximum absolute atomic E-state index is 13.3. The van der Waals surface area contributed by atoms with Gasteiger partial charge in [-0.05, 0) is 17.4 Å². The van der Waals surface area contributed by atoms with E-state index in [0.717, 1.165) is 18.5 Å². The fourth-order valence-corrected chi connectivity index (χ4v) is 4.79. The van der Waals surface area contributed by atoms with Crippen LogP contribution < -0.4 is 10.2 Å². The van der Waals surface area contributed by atoms with Crippen LogP contribution in [-0.4, -0.2) is 24.9 Å². The van der Waals surface area contributed by atoms with E-state index in [-0.39, 0.29) is 17.1 Å². The monoisotopic (exact) mass is 429 g/mol. The molecule has 0 radical (unpaired) electrons. The van der Waals surface area contributed by atoms with E-state index in [0.29, 0.717) is 47.6 Å². The van der Waals surface area contributed by atoms with Gasteiger partial charge in [0, 0.05) is 49.8 Å². The number of ether oxygens (including phenoxy) is 1. The second-order valence-electron chi connectivity index (χ2n) is 9.38. The van der Waals surface area contributed by atoms with E-state index in [1.54, 1.807) is 18.9 Å². The Balaban J connectivity index is 1.56. The highest BCUT2D eigenvalue weighted by Crippen LogP contribution is 2.48. The molecule has 1 N–H and O–H groups in total. The van der Waals surface area contributed by atoms with E-state index in [9.17, 15) is 4.79 Å². The molecule has 0 saturated carbocycles. The summed E-state index contributed by atoms with van der Waals surface area (Å²) in [5.41, 5.74) is 2.55. The highest BCUT2D eigenvalue weighted by Gasteiger charge is 2.43. The lowest BCUT2D eigenvalue weighted by molar-refractivity contribution is -0.118. The predicted octanol–water partition coefficient (Wildman–Crippen LogP) is 3.82. The summed E-state index contributed by atoms with van der Waals surface area (Å²) in [5, 5.41) is 9.00. The minimum Gasteiger partial charge on any atom is -0.442 e. The van der Waals surface area contributed by atoms with Gasteiger partial charge in [-0.15, -0.1) is 0 Å². The van der Waals surface area contributed by atoms with Crippen LogP contribution in [0.25, 0.3) is 0 Å². The standard InChI is InChI=1S/C25H27N5O2/c1-25(2)13-18(31)21-19(14-25)32-24-22(20(21)17-7-4-3-5-8-17)23(26)30(16-28-24)11-6-10-29-12-9-27-15-29/h3-5,7-9,12,15-16,20,26H,6,10-11,13-14H2,1-2H3/t20-/m1/s1. The van der Waals surface area contributed by atoms with Gasteiger partial charge in [0.15, 0.2) is 5.78 Å². The number of rotatable bonds is 5. The number of imidazole rings is 1. The number of aryl methyl sites for hydroxylation is 2. The zero-order chi connectivity index (χ0) is 22.3. The summed E-state index contributed by atoms with van der Waals surface area (Å²) in [6, 6.07) is 9.95. The lowest BCUT2D eigenvalue weighted by Gasteiger charge is -2.37. The van der Waals surface area contributed by atoms with Gasteiger partial charge in [-0.25, -0.2) is 9.97 Å². The van der Waals surface area contributed by atoms with E-state index in [4.69, 9.17) is 10.1 Å². The molecule has 0 fully saturated rings. The molecule has 2 aliphatic rings. The number of Topliss-reactive ketones (excluding diaryl/α,β-unsaturated/α-hetero) is 1. The van der Waals surface area contributed by atoms with E-state index < -0.39 is 0 Å². The number of carbonyl (C=O) groups excluding carboxylic acids is 1. The Bertz CT molecular complexity index is 1240. The van der Waals surface area contributed by atoms with Crippen LogP contribution in [0.4, 0.5) is 0 Å². The molecule has 1 atom stereocenters. The van der Waals surface area contributed by atoms with Crippen LogP contribution in [0.2, 0.25) is 0 Å². The van der Waals surface area contributed by atoms with Gasteiger partial charge in [-0.2, -0.15) is 0 Å². The first-order valence-corrected chi connectivity index (χ1v) is 11.0. The third-order valence-electron chi connectivity index (χ3n) is 6.27. The summed E-state index contributed by atoms with van der Waals surface area (Å²) in [6.07, 6.45) is 9.17. The van der Waals surface area contributed by atoms with Crippen LogP contribution in [-0.2, 0) is 17.9 Å². The summed E-state index contributed by atoms with van der Waals surface area (Å²) >= 11 is 0. The number of fused-ring (bicyclic) bond motifs is 1. The quantitative estimate of drug-likeness (QED) is 0.668. The molecule has 1 aliphatic carbocycles. The molecule has 0 amide bonds. The Morgan fingerprint density at radius 1 is 1.16 bits per heavy atom. The van der Waals surface area contributed by atoms with Gasteiger partial charge in [0.1, 0.15) is 17.6 Å². The average Bonchev–Trinajstić information content (AvgIpc) is 3.27. The summed E-state index contributed by atoms with van der Waals surface area (Å²) in [7, 11) is 0. The van der Waals surface area contributed by atoms with Crippen molar-refractivity contribution in [2.45, 2.75) is 52.1 Å². The molecule has 5 rings (SSSR count). The Kier molecular flexibility index (Phi) is 5.04. The Morgan fingerprint density at radius 2 is 1.97 bits per heavy atom. The second kappa shape index (κ2) is 7.89. The molecule has 0 saturated heterocycles. The lowest BCUT2D eigenvalue weighted by atomic mass is 9.70. The van der Waals surface area contributed by atoms with Crippen molar-refractivity contribution in [3.63, 3.8) is 0 Å². The highest BCUT2D eigenvalue weighted by atomic mass is 16.5. The molecule has 0 bridgehead atoms. The van der Waals surface area contributed by atoms with E-state index >= 15 is 0 Å². The van der Waals surface area contributed by atoms with Crippen LogP contribution in [0.1, 0.15) is 50.2 Å². The molecule has 0 unspecified atom stereocenters. The molecular formula is C25H27N5O2. The third kappa shape index (κ3) is 3.68. The zero-order valence-electron chi connectivity index (χ0n) is 18.4. The Labute approximate surface area is 186 Å². The number of hydrogen-bond acceptors (Lipinski definition) is 5. The summed E-state index contributed by atoms with van der Waals surface area (Å²) in [4.78, 5) is 22.0. The molecule has 7 nitrogen and oxygen atoms in total. The molecule has 2 aromatic heterocycles. The first-order chi connectivity index (χ1) is 15.4. The van der Waals surface area contributed by atoms with Crippen molar-refractivity contribution < 1.29 is 9.53 Å². The minimum atomic E-state index is -0.334. The summed E-state index contributed by atoms with van der Waals surface area (Å²) in [6.45, 7) is 5.64. The number of ketones is 1. The smallest absolute Gasteiger partial charge is 0.228 e. The fraction of sp³-hybridized carbons (Fsp3) is 0.360. The first kappa shape index (κ1) is 20.4. The number of nitrogens with one attached hydrogen (secondary N) is 1. The molecule has 1 aliphatic heterocycles. The predicted molar refractivity (Wildman–Crippen MR) is 119 cm³/mol. The van der Waals surface area contributed by atoms with Crippen LogP contribution in [0.15, 0.2) is 66.7 Å². The average molecular weight is 430 g/mol. The number of hydrogen-bond donors (Lipinski definition) is 1. The van der Waals surface area contributed by atoms with Crippen molar-refractivity contribution in [3.8, 4) is 5.88 Å². The van der Waals surface area contributed by atoms with Gasteiger partial charge in [0.05, 0.1) is 11.9 Å². The molecule has 0 spiro atoms. The maximum atomic E-state index is 13.3. The Morgan fingerprint density at radius 3 is 2.72 bits per heavy atom. The van der Waals surface area contributed by atoms with Crippen LogP contribution in [0, 0.1) is 10.8 Å². The van der Waals surface area contributed by atoms with Crippen LogP contribution in [0.3, 0.4) is 0 Å². The topological polar surface area (TPSA) is 85.8 Å². The molecular weight excluding hydrogens is 402 g/mol. The summed E-state index contributed by atoms with van der Waals surface area (Å²) in [5.74, 6) is 0.918. The largest absolute Gasteiger partial charge is 0.442 e. The molecule has 7 heteroatoms. The normalized spacial score (nSPS) is 19.3. The van der Waals surface area contributed by atoms with Gasteiger partial charge in [-0.1, -0.05) is 44.2 Å². The molecule has 3 aromatic rings. The highest BCUT2D eigenvalue weighted by molar-refractivity contribution is 6.00. The number of nitrogens with zero attached hydrogens (tertiary/aromatic N) is 4. The Hall–Kier alpha value is -3.48. The van der Waals surface area contributed by atoms with E-state index in [1.165, 1.54) is 0 Å². The summed E-state index contributed by atoms with van der Waals surface area (Å²) < 4.78 is 10.1. The molecule has 32 heavy (non-hydrogen) atoms. The minimum absolute atomic E-state index is 0.102. The number of benzene rings is 1. The SMILES string of the molecule is CC1(C)CC(=O)C2=C(C1)Oc1ncn(CCCn3ccnc3)c(=N)c1[C@@H]2c1ccccc1. The van der Waals surface area contributed by atoms with Crippen LogP contribution in [0.5, 0.6) is 5.88 Å². The van der Waals surface area contributed by atoms with Crippen molar-refractivity contribution in [1.82, 2.24) is 19.1 Å². The fourth-order valence-electron chi connectivity index (χ4n) is 4.79. The van der Waals surface area contributed by atoms with Gasteiger partial charge in [-0.3, -0.25) is 10.2 Å². The van der Waals surface area contributed by atoms with Crippen molar-refractivity contribution in [2.24, 2.45) is 5.41 Å². The number of allylic oxidation sites excluding steroid dienone is 2. The lowest BCUT2D eigenvalue weighted by Crippen LogP contribution is -2.37. The second-order valence-corrected chi connectivity index (χ2v) is 9.38. The van der Waals surface area contributed by atoms with Crippen molar-refractivity contribution in [3.05, 3.63) is 83.3 Å². The number of carbonyl (C=O) groups is 1. The third-order valence-corrected chi connectivity index (χ3v) is 6.27. The van der Waals surface area contributed by atoms with E-state index in [2.05, 4.69) is 23.8 Å². The molecule has 164 valence electrons. The zero-order valence-corrected chi connectivity index (χ0v) is 18.4. The van der Waals surface area contributed by atoms with Gasteiger partial charge < -0.3 is 13.9 Å².